The predicted octanol–water partition coefficient (Wildman–Crippen LogP) is 1.50. The summed E-state index contributed by atoms with van der Waals surface area (Å²) in [6.07, 6.45) is 0.412. The monoisotopic (exact) mass is 300 g/mol. The van der Waals surface area contributed by atoms with E-state index < -0.39 is 27.0 Å². The van der Waals surface area contributed by atoms with Gasteiger partial charge in [0.1, 0.15) is 11.6 Å². The average molecular weight is 300 g/mol. The van der Waals surface area contributed by atoms with Crippen LogP contribution >= 0.6 is 0 Å². The van der Waals surface area contributed by atoms with Crippen molar-refractivity contribution >= 4 is 9.84 Å². The highest BCUT2D eigenvalue weighted by Gasteiger charge is 2.38. The van der Waals surface area contributed by atoms with Gasteiger partial charge >= 0.3 is 0 Å². The number of halogens is 2. The van der Waals surface area contributed by atoms with Gasteiger partial charge in [-0.3, -0.25) is 0 Å². The van der Waals surface area contributed by atoms with Gasteiger partial charge in [-0.15, -0.1) is 0 Å². The molecule has 4 nitrogen and oxygen atoms in total. The van der Waals surface area contributed by atoms with Crippen LogP contribution in [0.5, 0.6) is 0 Å². The first-order chi connectivity index (χ1) is 9.25. The van der Waals surface area contributed by atoms with Crippen molar-refractivity contribution in [2.75, 3.05) is 11.5 Å². The summed E-state index contributed by atoms with van der Waals surface area (Å²) in [6, 6.07) is 3.60. The first-order valence-corrected chi connectivity index (χ1v) is 7.90. The van der Waals surface area contributed by atoms with Gasteiger partial charge in [-0.1, -0.05) is 0 Å². The lowest BCUT2D eigenvalue weighted by molar-refractivity contribution is 0.385. The minimum Gasteiger partial charge on any atom is -0.306 e. The van der Waals surface area contributed by atoms with Crippen LogP contribution in [0.15, 0.2) is 12.1 Å². The standard InChI is InChI=1S/C13H14F2N2O2S/c1-13(2-3-20(18,19)8-13)17-7-10-11(14)4-9(6-16)5-12(10)15/h4-5,17H,2-3,7-8H2,1H3. The second-order valence-corrected chi connectivity index (χ2v) is 7.47. The third-order valence-electron chi connectivity index (χ3n) is 3.47. The largest absolute Gasteiger partial charge is 0.306 e. The second kappa shape index (κ2) is 5.11. The molecule has 20 heavy (non-hydrogen) atoms. The van der Waals surface area contributed by atoms with Crippen molar-refractivity contribution in [1.82, 2.24) is 5.32 Å². The van der Waals surface area contributed by atoms with E-state index in [1.807, 2.05) is 0 Å². The molecule has 108 valence electrons. The Hall–Kier alpha value is -1.52. The second-order valence-electron chi connectivity index (χ2n) is 5.29. The molecule has 0 aliphatic carbocycles. The van der Waals surface area contributed by atoms with Crippen LogP contribution in [0.4, 0.5) is 8.78 Å². The molecule has 1 aromatic carbocycles. The van der Waals surface area contributed by atoms with Gasteiger partial charge in [-0.05, 0) is 25.5 Å². The zero-order valence-corrected chi connectivity index (χ0v) is 11.7. The summed E-state index contributed by atoms with van der Waals surface area (Å²) in [5, 5.41) is 11.5. The topological polar surface area (TPSA) is 70.0 Å². The Morgan fingerprint density at radius 2 is 2.00 bits per heavy atom. The molecule has 1 aliphatic rings. The fraction of sp³-hybridized carbons (Fsp3) is 0.462. The SMILES string of the molecule is CC1(NCc2c(F)cc(C#N)cc2F)CCS(=O)(=O)C1. The van der Waals surface area contributed by atoms with Crippen molar-refractivity contribution in [2.45, 2.75) is 25.4 Å². The van der Waals surface area contributed by atoms with Crippen LogP contribution in [0.1, 0.15) is 24.5 Å². The number of nitrogens with zero attached hydrogens (tertiary/aromatic N) is 1. The van der Waals surface area contributed by atoms with Crippen molar-refractivity contribution in [3.63, 3.8) is 0 Å². The molecule has 1 aromatic rings. The highest BCUT2D eigenvalue weighted by atomic mass is 32.2. The molecule has 1 fully saturated rings. The smallest absolute Gasteiger partial charge is 0.152 e. The molecule has 0 spiro atoms. The summed E-state index contributed by atoms with van der Waals surface area (Å²) < 4.78 is 50.3. The predicted molar refractivity (Wildman–Crippen MR) is 69.6 cm³/mol. The van der Waals surface area contributed by atoms with E-state index in [0.717, 1.165) is 12.1 Å². The van der Waals surface area contributed by atoms with Crippen LogP contribution in [-0.4, -0.2) is 25.5 Å². The van der Waals surface area contributed by atoms with Crippen LogP contribution in [0.2, 0.25) is 0 Å². The van der Waals surface area contributed by atoms with Crippen LogP contribution in [0.25, 0.3) is 0 Å². The molecule has 0 amide bonds. The Morgan fingerprint density at radius 3 is 2.45 bits per heavy atom. The van der Waals surface area contributed by atoms with E-state index in [2.05, 4.69) is 5.32 Å². The van der Waals surface area contributed by atoms with E-state index in [0.29, 0.717) is 6.42 Å². The normalized spacial score (nSPS) is 24.5. The van der Waals surface area contributed by atoms with E-state index in [1.165, 1.54) is 0 Å². The van der Waals surface area contributed by atoms with Crippen molar-refractivity contribution in [3.05, 3.63) is 34.9 Å². The summed E-state index contributed by atoms with van der Waals surface area (Å²) in [5.74, 6) is -1.58. The zero-order valence-electron chi connectivity index (χ0n) is 10.9. The van der Waals surface area contributed by atoms with Gasteiger partial charge < -0.3 is 5.32 Å². The van der Waals surface area contributed by atoms with Crippen molar-refractivity contribution in [2.24, 2.45) is 0 Å². The molecule has 7 heteroatoms. The molecule has 2 rings (SSSR count). The molecule has 1 heterocycles. The maximum Gasteiger partial charge on any atom is 0.152 e. The number of hydrogen-bond donors (Lipinski definition) is 1. The molecule has 1 unspecified atom stereocenters. The number of nitriles is 1. The summed E-state index contributed by atoms with van der Waals surface area (Å²) in [5.41, 5.74) is -0.945. The van der Waals surface area contributed by atoms with E-state index in [1.54, 1.807) is 13.0 Å². The number of sulfone groups is 1. The van der Waals surface area contributed by atoms with Crippen molar-refractivity contribution in [3.8, 4) is 6.07 Å². The molecule has 1 N–H and O–H groups in total. The minimum atomic E-state index is -3.08. The lowest BCUT2D eigenvalue weighted by Crippen LogP contribution is -2.43. The van der Waals surface area contributed by atoms with E-state index in [4.69, 9.17) is 5.26 Å². The molecule has 0 radical (unpaired) electrons. The molecule has 0 bridgehead atoms. The van der Waals surface area contributed by atoms with Crippen LogP contribution in [0, 0.1) is 23.0 Å². The fourth-order valence-corrected chi connectivity index (χ4v) is 4.41. The molecule has 1 atom stereocenters. The zero-order chi connectivity index (χ0) is 15.0. The Bertz CT molecular complexity index is 659. The molecule has 1 aliphatic heterocycles. The lowest BCUT2D eigenvalue weighted by Gasteiger charge is -2.24. The maximum absolute atomic E-state index is 13.7. The lowest BCUT2D eigenvalue weighted by atomic mass is 10.0. The van der Waals surface area contributed by atoms with Gasteiger partial charge in [0.15, 0.2) is 9.84 Å². The van der Waals surface area contributed by atoms with Gasteiger partial charge in [0.25, 0.3) is 0 Å². The summed E-state index contributed by atoms with van der Waals surface area (Å²) in [4.78, 5) is 0. The van der Waals surface area contributed by atoms with Crippen LogP contribution in [0.3, 0.4) is 0 Å². The van der Waals surface area contributed by atoms with E-state index in [9.17, 15) is 17.2 Å². The minimum absolute atomic E-state index is 0.0421. The fourth-order valence-electron chi connectivity index (χ4n) is 2.29. The number of rotatable bonds is 3. The van der Waals surface area contributed by atoms with E-state index >= 15 is 0 Å². The first-order valence-electron chi connectivity index (χ1n) is 6.08. The molecular formula is C13H14F2N2O2S. The third kappa shape index (κ3) is 3.14. The summed E-state index contributed by atoms with van der Waals surface area (Å²) >= 11 is 0. The number of nitrogens with one attached hydrogen (secondary N) is 1. The summed E-state index contributed by atoms with van der Waals surface area (Å²) in [7, 11) is -3.08. The Morgan fingerprint density at radius 1 is 1.40 bits per heavy atom. The van der Waals surface area contributed by atoms with Crippen LogP contribution < -0.4 is 5.32 Å². The quantitative estimate of drug-likeness (QED) is 0.918. The highest BCUT2D eigenvalue weighted by Crippen LogP contribution is 2.24. The number of hydrogen-bond acceptors (Lipinski definition) is 4. The Kier molecular flexibility index (Phi) is 3.80. The molecule has 1 saturated heterocycles. The Balaban J connectivity index is 2.15. The van der Waals surface area contributed by atoms with Gasteiger partial charge in [0, 0.05) is 17.6 Å². The van der Waals surface area contributed by atoms with Crippen LogP contribution in [-0.2, 0) is 16.4 Å². The van der Waals surface area contributed by atoms with E-state index in [-0.39, 0.29) is 29.2 Å². The Labute approximate surface area is 116 Å². The third-order valence-corrected chi connectivity index (χ3v) is 5.37. The van der Waals surface area contributed by atoms with Gasteiger partial charge in [0.05, 0.1) is 23.1 Å². The molecule has 0 saturated carbocycles. The summed E-state index contributed by atoms with van der Waals surface area (Å²) in [6.45, 7) is 1.60. The molecular weight excluding hydrogens is 286 g/mol. The van der Waals surface area contributed by atoms with Gasteiger partial charge in [0.2, 0.25) is 0 Å². The van der Waals surface area contributed by atoms with Crippen molar-refractivity contribution in [1.29, 1.82) is 5.26 Å². The van der Waals surface area contributed by atoms with Gasteiger partial charge in [-0.25, -0.2) is 17.2 Å². The van der Waals surface area contributed by atoms with Crippen molar-refractivity contribution < 1.29 is 17.2 Å². The number of benzene rings is 1. The maximum atomic E-state index is 13.7. The first kappa shape index (κ1) is 14.9. The highest BCUT2D eigenvalue weighted by molar-refractivity contribution is 7.91. The average Bonchev–Trinajstić information content (AvgIpc) is 2.62. The van der Waals surface area contributed by atoms with Gasteiger partial charge in [-0.2, -0.15) is 5.26 Å². The molecule has 0 aromatic heterocycles.